The van der Waals surface area contributed by atoms with Gasteiger partial charge in [0.25, 0.3) is 5.91 Å². The number of rotatable bonds is 3. The number of nitrogens with one attached hydrogen (secondary N) is 1. The lowest BCUT2D eigenvalue weighted by molar-refractivity contribution is 0.0997. The van der Waals surface area contributed by atoms with Crippen LogP contribution < -0.4 is 11.2 Å². The monoisotopic (exact) mass is 427 g/mol. The van der Waals surface area contributed by atoms with Crippen molar-refractivity contribution in [3.05, 3.63) is 75.3 Å². The van der Waals surface area contributed by atoms with Gasteiger partial charge in [0.15, 0.2) is 17.1 Å². The van der Waals surface area contributed by atoms with E-state index in [1.54, 1.807) is 12.1 Å². The Morgan fingerprint density at radius 1 is 1.19 bits per heavy atom. The third-order valence-electron chi connectivity index (χ3n) is 6.00. The van der Waals surface area contributed by atoms with Gasteiger partial charge in [0.1, 0.15) is 5.69 Å². The highest BCUT2D eigenvalue weighted by Gasteiger charge is 2.23. The van der Waals surface area contributed by atoms with Gasteiger partial charge in [-0.3, -0.25) is 14.6 Å². The predicted molar refractivity (Wildman–Crippen MR) is 117 cm³/mol. The Labute approximate surface area is 179 Å². The molecule has 1 amide bonds. The maximum absolute atomic E-state index is 12.4. The van der Waals surface area contributed by atoms with E-state index < -0.39 is 17.5 Å². The largest absolute Gasteiger partial charge is 0.364 e. The van der Waals surface area contributed by atoms with Crippen molar-refractivity contribution in [2.45, 2.75) is 51.9 Å². The van der Waals surface area contributed by atoms with E-state index in [2.05, 4.69) is 16.9 Å². The molecule has 0 spiro atoms. The summed E-state index contributed by atoms with van der Waals surface area (Å²) in [5, 5.41) is 0.293. The zero-order valence-corrected chi connectivity index (χ0v) is 17.8. The number of H-pyrrole nitrogens is 1. The van der Waals surface area contributed by atoms with Crippen LogP contribution in [-0.4, -0.2) is 15.9 Å². The van der Waals surface area contributed by atoms with Crippen LogP contribution in [0.15, 0.2) is 41.3 Å². The number of hydrogen-bond acceptors (Lipinski definition) is 3. The third kappa shape index (κ3) is 5.16. The van der Waals surface area contributed by atoms with Gasteiger partial charge in [-0.25, -0.2) is 8.78 Å². The lowest BCUT2D eigenvalue weighted by Crippen LogP contribution is -2.20. The van der Waals surface area contributed by atoms with Gasteiger partial charge in [-0.15, -0.1) is 0 Å². The molecule has 3 aromatic rings. The van der Waals surface area contributed by atoms with Crippen LogP contribution in [-0.2, 0) is 0 Å². The van der Waals surface area contributed by atoms with Crippen LogP contribution in [0.3, 0.4) is 0 Å². The number of pyridine rings is 2. The van der Waals surface area contributed by atoms with Gasteiger partial charge in [0.05, 0.1) is 10.9 Å². The molecule has 0 bridgehead atoms. The Morgan fingerprint density at radius 2 is 1.90 bits per heavy atom. The van der Waals surface area contributed by atoms with Gasteiger partial charge < -0.3 is 10.7 Å². The van der Waals surface area contributed by atoms with Gasteiger partial charge in [-0.1, -0.05) is 25.5 Å². The van der Waals surface area contributed by atoms with Crippen molar-refractivity contribution in [2.24, 2.45) is 11.7 Å². The molecule has 5 nitrogen and oxygen atoms in total. The molecule has 1 fully saturated rings. The van der Waals surface area contributed by atoms with E-state index >= 15 is 0 Å². The Morgan fingerprint density at radius 3 is 2.48 bits per heavy atom. The van der Waals surface area contributed by atoms with Crippen molar-refractivity contribution in [2.75, 3.05) is 0 Å². The zero-order valence-electron chi connectivity index (χ0n) is 17.8. The van der Waals surface area contributed by atoms with Crippen LogP contribution in [0.1, 0.15) is 66.7 Å². The maximum atomic E-state index is 12.4. The number of hydrogen-bond donors (Lipinski definition) is 2. The van der Waals surface area contributed by atoms with Crippen molar-refractivity contribution >= 4 is 16.8 Å². The van der Waals surface area contributed by atoms with E-state index in [-0.39, 0.29) is 11.1 Å². The minimum absolute atomic E-state index is 0.0417. The van der Waals surface area contributed by atoms with Crippen molar-refractivity contribution < 1.29 is 13.6 Å². The van der Waals surface area contributed by atoms with Gasteiger partial charge in [-0.05, 0) is 62.1 Å². The maximum Gasteiger partial charge on any atom is 0.268 e. The van der Waals surface area contributed by atoms with Gasteiger partial charge in [0, 0.05) is 18.0 Å². The minimum Gasteiger partial charge on any atom is -0.364 e. The molecular weight excluding hydrogens is 400 g/mol. The fourth-order valence-corrected chi connectivity index (χ4v) is 4.12. The molecule has 2 aromatic heterocycles. The fraction of sp³-hybridized carbons (Fsp3) is 0.375. The predicted octanol–water partition coefficient (Wildman–Crippen LogP) is 4.98. The van der Waals surface area contributed by atoms with Crippen LogP contribution in [0.25, 0.3) is 10.9 Å². The molecule has 2 heterocycles. The van der Waals surface area contributed by atoms with Gasteiger partial charge in [-0.2, -0.15) is 0 Å². The molecule has 1 saturated carbocycles. The molecule has 1 aliphatic carbocycles. The standard InChI is InChI=1S/C17H21N3O2.C7H6F2/c1-2-10-3-5-11(6-4-10)13-9-14(21)15-12(20-13)7-8-19-16(15)17(18)22;1-5-3-2-4-6(8)7(5)9/h7-11H,2-6H2,1H3,(H2,18,22)(H,20,21);2-4H,1H3. The normalized spacial score (nSPS) is 18.3. The minimum atomic E-state index is -0.782. The van der Waals surface area contributed by atoms with Crippen molar-refractivity contribution in [1.82, 2.24) is 9.97 Å². The highest BCUT2D eigenvalue weighted by atomic mass is 19.2. The summed E-state index contributed by atoms with van der Waals surface area (Å²) in [4.78, 5) is 31.1. The second kappa shape index (κ2) is 9.81. The fourth-order valence-electron chi connectivity index (χ4n) is 4.12. The van der Waals surface area contributed by atoms with Crippen LogP contribution in [0.4, 0.5) is 8.78 Å². The molecule has 4 rings (SSSR count). The summed E-state index contributed by atoms with van der Waals surface area (Å²) in [6.45, 7) is 3.76. The number of aryl methyl sites for hydroxylation is 1. The number of fused-ring (bicyclic) bond motifs is 1. The zero-order chi connectivity index (χ0) is 22.5. The average molecular weight is 427 g/mol. The van der Waals surface area contributed by atoms with Crippen molar-refractivity contribution in [1.29, 1.82) is 0 Å². The molecule has 0 unspecified atom stereocenters. The smallest absolute Gasteiger partial charge is 0.268 e. The van der Waals surface area contributed by atoms with E-state index in [9.17, 15) is 18.4 Å². The first-order valence-electron chi connectivity index (χ1n) is 10.5. The summed E-state index contributed by atoms with van der Waals surface area (Å²) >= 11 is 0. The molecule has 0 aliphatic heterocycles. The summed E-state index contributed by atoms with van der Waals surface area (Å²) in [5.41, 5.74) is 7.12. The first kappa shape index (κ1) is 22.6. The van der Waals surface area contributed by atoms with Crippen molar-refractivity contribution in [3.63, 3.8) is 0 Å². The number of nitrogens with zero attached hydrogens (tertiary/aromatic N) is 1. The Bertz CT molecular complexity index is 1120. The quantitative estimate of drug-likeness (QED) is 0.618. The Hall–Kier alpha value is -3.09. The lowest BCUT2D eigenvalue weighted by atomic mass is 9.79. The SMILES string of the molecule is CCC1CCC(c2cc(=O)c3c(C(N)=O)nccc3[nH]2)CC1.Cc1cccc(F)c1F. The molecule has 1 aliphatic rings. The summed E-state index contributed by atoms with van der Waals surface area (Å²) in [6.07, 6.45) is 7.38. The number of benzene rings is 1. The number of amides is 1. The van der Waals surface area contributed by atoms with E-state index in [0.717, 1.165) is 30.5 Å². The second-order valence-electron chi connectivity index (χ2n) is 8.03. The number of aromatic nitrogens is 2. The molecule has 0 saturated heterocycles. The molecule has 7 heteroatoms. The highest BCUT2D eigenvalue weighted by molar-refractivity contribution is 6.03. The summed E-state index contributed by atoms with van der Waals surface area (Å²) in [7, 11) is 0. The topological polar surface area (TPSA) is 88.8 Å². The third-order valence-corrected chi connectivity index (χ3v) is 6.00. The van der Waals surface area contributed by atoms with Crippen LogP contribution in [0.5, 0.6) is 0 Å². The van der Waals surface area contributed by atoms with E-state index in [4.69, 9.17) is 5.73 Å². The van der Waals surface area contributed by atoms with E-state index in [1.165, 1.54) is 44.5 Å². The summed E-state index contributed by atoms with van der Waals surface area (Å²) in [6, 6.07) is 7.45. The molecule has 0 radical (unpaired) electrons. The molecular formula is C24H27F2N3O2. The first-order chi connectivity index (χ1) is 14.8. The molecule has 1 aromatic carbocycles. The number of carbonyl (C=O) groups is 1. The Balaban J connectivity index is 0.000000254. The summed E-state index contributed by atoms with van der Waals surface area (Å²) in [5.74, 6) is -1.00. The molecule has 164 valence electrons. The number of nitrogens with two attached hydrogens (primary N) is 1. The van der Waals surface area contributed by atoms with Crippen LogP contribution >= 0.6 is 0 Å². The number of halogens is 2. The molecule has 0 atom stereocenters. The first-order valence-corrected chi connectivity index (χ1v) is 10.5. The highest BCUT2D eigenvalue weighted by Crippen LogP contribution is 2.36. The Kier molecular flexibility index (Phi) is 7.15. The van der Waals surface area contributed by atoms with Crippen LogP contribution in [0, 0.1) is 24.5 Å². The van der Waals surface area contributed by atoms with E-state index in [0.29, 0.717) is 22.4 Å². The molecule has 3 N–H and O–H groups in total. The second-order valence-corrected chi connectivity index (χ2v) is 8.03. The summed E-state index contributed by atoms with van der Waals surface area (Å²) < 4.78 is 24.6. The number of carbonyl (C=O) groups excluding carboxylic acids is 1. The number of primary amides is 1. The average Bonchev–Trinajstić information content (AvgIpc) is 2.77. The van der Waals surface area contributed by atoms with Gasteiger partial charge >= 0.3 is 0 Å². The molecule has 31 heavy (non-hydrogen) atoms. The van der Waals surface area contributed by atoms with Crippen molar-refractivity contribution in [3.8, 4) is 0 Å². The van der Waals surface area contributed by atoms with E-state index in [1.807, 2.05) is 0 Å². The van der Waals surface area contributed by atoms with Crippen LogP contribution in [0.2, 0.25) is 0 Å². The number of aromatic amines is 1. The van der Waals surface area contributed by atoms with Gasteiger partial charge in [0.2, 0.25) is 0 Å². The lowest BCUT2D eigenvalue weighted by Gasteiger charge is -2.27.